The first-order chi connectivity index (χ1) is 4.12. The lowest BCUT2D eigenvalue weighted by molar-refractivity contribution is 0.332. The third-order valence-electron chi connectivity index (χ3n) is 1.42. The number of halogens is 1. The molecule has 0 atom stereocenters. The first kappa shape index (κ1) is 9.47. The topological polar surface area (TPSA) is 9.23 Å². The monoisotopic (exact) mass is 166 g/mol. The first-order valence-electron chi connectivity index (χ1n) is 3.32. The molecule has 56 valence electrons. The summed E-state index contributed by atoms with van der Waals surface area (Å²) in [5.41, 5.74) is 0. The van der Waals surface area contributed by atoms with Crippen LogP contribution in [0.3, 0.4) is 0 Å². The van der Waals surface area contributed by atoms with Gasteiger partial charge in [0.25, 0.3) is 0 Å². The fourth-order valence-corrected chi connectivity index (χ4v) is 1.48. The van der Waals surface area contributed by atoms with Crippen molar-refractivity contribution in [2.24, 2.45) is 0 Å². The molecule has 0 aromatic rings. The highest BCUT2D eigenvalue weighted by atomic mass is 35.5. The zero-order valence-electron chi connectivity index (χ0n) is 6.41. The molecule has 0 saturated carbocycles. The third kappa shape index (κ3) is 4.94. The van der Waals surface area contributed by atoms with Crippen LogP contribution < -0.4 is 0 Å². The second-order valence-electron chi connectivity index (χ2n) is 2.65. The summed E-state index contributed by atoms with van der Waals surface area (Å²) in [6.07, 6.45) is 0. The summed E-state index contributed by atoms with van der Waals surface area (Å²) >= 11 is 5.46. The van der Waals surface area contributed by atoms with Gasteiger partial charge < -0.3 is 4.43 Å². The molecule has 0 amide bonds. The Bertz CT molecular complexity index is 75.5. The fourth-order valence-electron chi connectivity index (χ4n) is 0.417. The van der Waals surface area contributed by atoms with Crippen LogP contribution in [-0.4, -0.2) is 20.8 Å². The summed E-state index contributed by atoms with van der Waals surface area (Å²) in [6.45, 7) is 7.30. The second-order valence-corrected chi connectivity index (χ2v) is 7.54. The van der Waals surface area contributed by atoms with Gasteiger partial charge in [-0.2, -0.15) is 0 Å². The molecule has 0 N–H and O–H groups in total. The molecular formula is C6H15ClOSi. The Kier molecular flexibility index (Phi) is 4.53. The summed E-state index contributed by atoms with van der Waals surface area (Å²) in [5, 5.41) is 0. The maximum absolute atomic E-state index is 5.53. The van der Waals surface area contributed by atoms with E-state index in [4.69, 9.17) is 16.0 Å². The van der Waals surface area contributed by atoms with Crippen molar-refractivity contribution in [1.29, 1.82) is 0 Å². The standard InChI is InChI=1S/C6H15ClOSi/c1-4-9(2,3)8-6-5-7/h4-6H2,1-3H3. The van der Waals surface area contributed by atoms with E-state index < -0.39 is 8.32 Å². The van der Waals surface area contributed by atoms with E-state index >= 15 is 0 Å². The molecular weight excluding hydrogens is 152 g/mol. The molecule has 0 radical (unpaired) electrons. The van der Waals surface area contributed by atoms with Crippen LogP contribution in [0.4, 0.5) is 0 Å². The molecule has 9 heavy (non-hydrogen) atoms. The minimum absolute atomic E-state index is 0.621. The SMILES string of the molecule is CC[Si](C)(C)OCCCl. The van der Waals surface area contributed by atoms with Gasteiger partial charge in [-0.25, -0.2) is 0 Å². The van der Waals surface area contributed by atoms with E-state index in [0.717, 1.165) is 0 Å². The van der Waals surface area contributed by atoms with Gasteiger partial charge >= 0.3 is 0 Å². The normalized spacial score (nSPS) is 12.0. The molecule has 0 spiro atoms. The Balaban J connectivity index is 3.33. The molecule has 0 bridgehead atoms. The quantitative estimate of drug-likeness (QED) is 0.461. The molecule has 0 aliphatic heterocycles. The second kappa shape index (κ2) is 4.31. The molecule has 0 heterocycles. The van der Waals surface area contributed by atoms with Crippen molar-refractivity contribution in [3.05, 3.63) is 0 Å². The average molecular weight is 167 g/mol. The number of rotatable bonds is 4. The lowest BCUT2D eigenvalue weighted by atomic mass is 10.9. The van der Waals surface area contributed by atoms with Crippen molar-refractivity contribution in [2.45, 2.75) is 26.1 Å². The Morgan fingerprint density at radius 3 is 2.33 bits per heavy atom. The van der Waals surface area contributed by atoms with Crippen molar-refractivity contribution >= 4 is 19.9 Å². The predicted molar refractivity (Wildman–Crippen MR) is 44.6 cm³/mol. The smallest absolute Gasteiger partial charge is 0.186 e. The van der Waals surface area contributed by atoms with E-state index in [2.05, 4.69) is 20.0 Å². The molecule has 0 aliphatic rings. The van der Waals surface area contributed by atoms with Crippen LogP contribution in [-0.2, 0) is 4.43 Å². The van der Waals surface area contributed by atoms with Crippen molar-refractivity contribution in [1.82, 2.24) is 0 Å². The Morgan fingerprint density at radius 1 is 1.44 bits per heavy atom. The summed E-state index contributed by atoms with van der Waals surface area (Å²) in [5.74, 6) is 0.621. The van der Waals surface area contributed by atoms with Gasteiger partial charge in [-0.3, -0.25) is 0 Å². The van der Waals surface area contributed by atoms with E-state index in [1.165, 1.54) is 6.04 Å². The Labute approximate surface area is 63.5 Å². The van der Waals surface area contributed by atoms with Crippen molar-refractivity contribution in [3.63, 3.8) is 0 Å². The molecule has 0 fully saturated rings. The Hall–Kier alpha value is 0.467. The van der Waals surface area contributed by atoms with Gasteiger partial charge in [-0.1, -0.05) is 6.92 Å². The summed E-state index contributed by atoms with van der Waals surface area (Å²) in [4.78, 5) is 0. The van der Waals surface area contributed by atoms with E-state index in [9.17, 15) is 0 Å². The van der Waals surface area contributed by atoms with Crippen LogP contribution >= 0.6 is 11.6 Å². The molecule has 0 aromatic carbocycles. The number of alkyl halides is 1. The van der Waals surface area contributed by atoms with Gasteiger partial charge in [0, 0.05) is 12.5 Å². The van der Waals surface area contributed by atoms with E-state index in [0.29, 0.717) is 12.5 Å². The molecule has 0 rings (SSSR count). The molecule has 0 aromatic heterocycles. The van der Waals surface area contributed by atoms with Crippen LogP contribution in [0.2, 0.25) is 19.1 Å². The van der Waals surface area contributed by atoms with E-state index in [1.54, 1.807) is 0 Å². The van der Waals surface area contributed by atoms with Crippen LogP contribution in [0.5, 0.6) is 0 Å². The number of hydrogen-bond acceptors (Lipinski definition) is 1. The Morgan fingerprint density at radius 2 is 2.00 bits per heavy atom. The molecule has 3 heteroatoms. The molecule has 0 unspecified atom stereocenters. The van der Waals surface area contributed by atoms with Crippen molar-refractivity contribution in [3.8, 4) is 0 Å². The zero-order valence-corrected chi connectivity index (χ0v) is 8.16. The van der Waals surface area contributed by atoms with Crippen LogP contribution in [0, 0.1) is 0 Å². The minimum Gasteiger partial charge on any atom is -0.416 e. The van der Waals surface area contributed by atoms with Gasteiger partial charge in [0.15, 0.2) is 8.32 Å². The molecule has 1 nitrogen and oxygen atoms in total. The molecule has 0 saturated heterocycles. The van der Waals surface area contributed by atoms with Gasteiger partial charge in [0.05, 0.1) is 0 Å². The summed E-state index contributed by atoms with van der Waals surface area (Å²) in [7, 11) is -1.28. The summed E-state index contributed by atoms with van der Waals surface area (Å²) in [6, 6.07) is 1.17. The highest BCUT2D eigenvalue weighted by Crippen LogP contribution is 2.09. The first-order valence-corrected chi connectivity index (χ1v) is 6.97. The number of hydrogen-bond donors (Lipinski definition) is 0. The lowest BCUT2D eigenvalue weighted by Gasteiger charge is -2.19. The molecule has 0 aliphatic carbocycles. The average Bonchev–Trinajstić information content (AvgIpc) is 1.84. The highest BCUT2D eigenvalue weighted by molar-refractivity contribution is 6.71. The van der Waals surface area contributed by atoms with Crippen LogP contribution in [0.25, 0.3) is 0 Å². The van der Waals surface area contributed by atoms with E-state index in [-0.39, 0.29) is 0 Å². The fraction of sp³-hybridized carbons (Fsp3) is 1.00. The highest BCUT2D eigenvalue weighted by Gasteiger charge is 2.18. The summed E-state index contributed by atoms with van der Waals surface area (Å²) < 4.78 is 5.53. The van der Waals surface area contributed by atoms with Gasteiger partial charge in [0.2, 0.25) is 0 Å². The predicted octanol–water partition coefficient (Wildman–Crippen LogP) is 2.47. The van der Waals surface area contributed by atoms with E-state index in [1.807, 2.05) is 0 Å². The maximum atomic E-state index is 5.53. The van der Waals surface area contributed by atoms with Gasteiger partial charge in [-0.15, -0.1) is 11.6 Å². The van der Waals surface area contributed by atoms with Crippen molar-refractivity contribution < 1.29 is 4.43 Å². The zero-order chi connectivity index (χ0) is 7.33. The maximum Gasteiger partial charge on any atom is 0.186 e. The van der Waals surface area contributed by atoms with Crippen molar-refractivity contribution in [2.75, 3.05) is 12.5 Å². The van der Waals surface area contributed by atoms with Gasteiger partial charge in [-0.05, 0) is 19.1 Å². The largest absolute Gasteiger partial charge is 0.416 e. The van der Waals surface area contributed by atoms with Crippen LogP contribution in [0.1, 0.15) is 6.92 Å². The third-order valence-corrected chi connectivity index (χ3v) is 4.26. The minimum atomic E-state index is -1.28. The lowest BCUT2D eigenvalue weighted by Crippen LogP contribution is -2.29. The van der Waals surface area contributed by atoms with Gasteiger partial charge in [0.1, 0.15) is 0 Å². The van der Waals surface area contributed by atoms with Crippen LogP contribution in [0.15, 0.2) is 0 Å².